The van der Waals surface area contributed by atoms with Gasteiger partial charge in [0.05, 0.1) is 13.2 Å². The summed E-state index contributed by atoms with van der Waals surface area (Å²) in [5.41, 5.74) is 0. The van der Waals surface area contributed by atoms with Gasteiger partial charge in [0.1, 0.15) is 0 Å². The van der Waals surface area contributed by atoms with Crippen molar-refractivity contribution < 1.29 is 9.53 Å². The summed E-state index contributed by atoms with van der Waals surface area (Å²) in [6.45, 7) is 9.53. The van der Waals surface area contributed by atoms with Gasteiger partial charge < -0.3 is 9.64 Å². The zero-order valence-corrected chi connectivity index (χ0v) is 12.7. The molecule has 0 aliphatic carbocycles. The number of carbonyl (C=O) groups is 1. The molecule has 1 amide bonds. The number of unbranched alkanes of at least 4 members (excludes halogenated alkanes) is 1. The molecule has 0 N–H and O–H groups in total. The first kappa shape index (κ1) is 16.2. The molecule has 1 aliphatic heterocycles. The lowest BCUT2D eigenvalue weighted by Crippen LogP contribution is -2.39. The van der Waals surface area contributed by atoms with Crippen LogP contribution in [0.2, 0.25) is 0 Å². The van der Waals surface area contributed by atoms with Crippen LogP contribution in [0.25, 0.3) is 0 Å². The lowest BCUT2D eigenvalue weighted by Gasteiger charge is -2.25. The van der Waals surface area contributed by atoms with E-state index in [1.165, 1.54) is 25.7 Å². The number of ether oxygens (including phenoxy) is 1. The van der Waals surface area contributed by atoms with Gasteiger partial charge in [-0.25, -0.2) is 0 Å². The summed E-state index contributed by atoms with van der Waals surface area (Å²) in [6, 6.07) is 0. The fraction of sp³-hybridized carbons (Fsp3) is 0.812. The Bertz CT molecular complexity index is 280. The highest BCUT2D eigenvalue weighted by Crippen LogP contribution is 2.14. The van der Waals surface area contributed by atoms with E-state index in [-0.39, 0.29) is 5.91 Å². The van der Waals surface area contributed by atoms with E-state index in [9.17, 15) is 4.79 Å². The van der Waals surface area contributed by atoms with Gasteiger partial charge in [-0.1, -0.05) is 46.1 Å². The molecule has 0 unspecified atom stereocenters. The maximum Gasteiger partial charge on any atom is 0.246 e. The molecule has 0 aromatic heterocycles. The fourth-order valence-electron chi connectivity index (χ4n) is 2.25. The molecule has 0 spiro atoms. The van der Waals surface area contributed by atoms with Crippen LogP contribution >= 0.6 is 0 Å². The van der Waals surface area contributed by atoms with Gasteiger partial charge in [-0.2, -0.15) is 0 Å². The van der Waals surface area contributed by atoms with Crippen LogP contribution in [0.1, 0.15) is 46.5 Å². The number of hydrogen-bond donors (Lipinski definition) is 0. The van der Waals surface area contributed by atoms with Gasteiger partial charge in [0.15, 0.2) is 0 Å². The molecule has 1 atom stereocenters. The average Bonchev–Trinajstić information content (AvgIpc) is 2.41. The molecule has 0 aromatic rings. The summed E-state index contributed by atoms with van der Waals surface area (Å²) in [5.74, 6) is 1.43. The van der Waals surface area contributed by atoms with E-state index < -0.39 is 0 Å². The topological polar surface area (TPSA) is 29.5 Å². The van der Waals surface area contributed by atoms with E-state index in [2.05, 4.69) is 26.8 Å². The van der Waals surface area contributed by atoms with Crippen LogP contribution in [0.5, 0.6) is 0 Å². The Morgan fingerprint density at radius 2 is 1.79 bits per heavy atom. The largest absolute Gasteiger partial charge is 0.378 e. The fourth-order valence-corrected chi connectivity index (χ4v) is 2.25. The van der Waals surface area contributed by atoms with Gasteiger partial charge >= 0.3 is 0 Å². The number of allylic oxidation sites excluding steroid dienone is 1. The van der Waals surface area contributed by atoms with Gasteiger partial charge in [-0.3, -0.25) is 4.79 Å². The minimum atomic E-state index is 0.136. The molecular formula is C16H29NO2. The molecule has 3 nitrogen and oxygen atoms in total. The summed E-state index contributed by atoms with van der Waals surface area (Å²) < 4.78 is 5.24. The molecule has 110 valence electrons. The van der Waals surface area contributed by atoms with Crippen molar-refractivity contribution in [3.05, 3.63) is 12.2 Å². The Balaban J connectivity index is 2.17. The van der Waals surface area contributed by atoms with E-state index in [1.54, 1.807) is 6.08 Å². The number of nitrogens with zero attached hydrogens (tertiary/aromatic N) is 1. The molecule has 19 heavy (non-hydrogen) atoms. The van der Waals surface area contributed by atoms with E-state index in [1.807, 2.05) is 4.90 Å². The van der Waals surface area contributed by atoms with Crippen LogP contribution in [0, 0.1) is 11.8 Å². The predicted octanol–water partition coefficient (Wildman–Crippen LogP) is 3.25. The normalized spacial score (nSPS) is 18.2. The number of hydrogen-bond acceptors (Lipinski definition) is 2. The van der Waals surface area contributed by atoms with Crippen LogP contribution in [0.3, 0.4) is 0 Å². The van der Waals surface area contributed by atoms with Crippen molar-refractivity contribution in [2.75, 3.05) is 26.3 Å². The first-order valence-electron chi connectivity index (χ1n) is 7.64. The molecule has 0 radical (unpaired) electrons. The Morgan fingerprint density at radius 1 is 1.16 bits per heavy atom. The minimum absolute atomic E-state index is 0.136. The van der Waals surface area contributed by atoms with Crippen molar-refractivity contribution in [1.29, 1.82) is 0 Å². The van der Waals surface area contributed by atoms with Gasteiger partial charge in [0, 0.05) is 13.1 Å². The molecule has 0 bridgehead atoms. The van der Waals surface area contributed by atoms with E-state index in [0.717, 1.165) is 19.0 Å². The highest BCUT2D eigenvalue weighted by atomic mass is 16.5. The quantitative estimate of drug-likeness (QED) is 0.523. The molecule has 1 aliphatic rings. The zero-order valence-electron chi connectivity index (χ0n) is 12.7. The third-order valence-corrected chi connectivity index (χ3v) is 3.58. The summed E-state index contributed by atoms with van der Waals surface area (Å²) in [6.07, 6.45) is 8.86. The minimum Gasteiger partial charge on any atom is -0.378 e. The zero-order chi connectivity index (χ0) is 14.1. The van der Waals surface area contributed by atoms with Crippen molar-refractivity contribution in [3.63, 3.8) is 0 Å². The summed E-state index contributed by atoms with van der Waals surface area (Å²) in [5, 5.41) is 0. The lowest BCUT2D eigenvalue weighted by atomic mass is 9.99. The van der Waals surface area contributed by atoms with Gasteiger partial charge in [-0.05, 0) is 24.3 Å². The third-order valence-electron chi connectivity index (χ3n) is 3.58. The second kappa shape index (κ2) is 9.13. The second-order valence-electron chi connectivity index (χ2n) is 5.95. The molecular weight excluding hydrogens is 238 g/mol. The predicted molar refractivity (Wildman–Crippen MR) is 79.0 cm³/mol. The molecule has 1 rings (SSSR count). The SMILES string of the molecule is CC(C)CCCC[C@H](C)/C=C/C(=O)N1CCOCC1. The van der Waals surface area contributed by atoms with Crippen molar-refractivity contribution in [3.8, 4) is 0 Å². The van der Waals surface area contributed by atoms with Crippen LogP contribution in [0.4, 0.5) is 0 Å². The summed E-state index contributed by atoms with van der Waals surface area (Å²) >= 11 is 0. The number of carbonyl (C=O) groups excluding carboxylic acids is 1. The highest BCUT2D eigenvalue weighted by molar-refractivity contribution is 5.87. The maximum atomic E-state index is 11.9. The molecule has 0 saturated carbocycles. The lowest BCUT2D eigenvalue weighted by molar-refractivity contribution is -0.130. The number of rotatable bonds is 7. The van der Waals surface area contributed by atoms with Crippen molar-refractivity contribution >= 4 is 5.91 Å². The van der Waals surface area contributed by atoms with Gasteiger partial charge in [0.2, 0.25) is 5.91 Å². The second-order valence-corrected chi connectivity index (χ2v) is 5.95. The highest BCUT2D eigenvalue weighted by Gasteiger charge is 2.14. The first-order valence-corrected chi connectivity index (χ1v) is 7.64. The van der Waals surface area contributed by atoms with Crippen LogP contribution in [0.15, 0.2) is 12.2 Å². The van der Waals surface area contributed by atoms with Crippen LogP contribution in [-0.2, 0) is 9.53 Å². The molecule has 1 heterocycles. The van der Waals surface area contributed by atoms with Crippen molar-refractivity contribution in [2.24, 2.45) is 11.8 Å². The van der Waals surface area contributed by atoms with Gasteiger partial charge in [0.25, 0.3) is 0 Å². The first-order chi connectivity index (χ1) is 9.09. The van der Waals surface area contributed by atoms with E-state index in [4.69, 9.17) is 4.74 Å². The molecule has 0 aromatic carbocycles. The smallest absolute Gasteiger partial charge is 0.246 e. The Kier molecular flexibility index (Phi) is 7.80. The average molecular weight is 267 g/mol. The Morgan fingerprint density at radius 3 is 2.42 bits per heavy atom. The monoisotopic (exact) mass is 267 g/mol. The van der Waals surface area contributed by atoms with Crippen LogP contribution in [-0.4, -0.2) is 37.1 Å². The third kappa shape index (κ3) is 7.36. The Hall–Kier alpha value is -0.830. The van der Waals surface area contributed by atoms with Crippen molar-refractivity contribution in [1.82, 2.24) is 4.90 Å². The van der Waals surface area contributed by atoms with Gasteiger partial charge in [-0.15, -0.1) is 0 Å². The number of morpholine rings is 1. The summed E-state index contributed by atoms with van der Waals surface area (Å²) in [4.78, 5) is 13.8. The maximum absolute atomic E-state index is 11.9. The molecule has 1 fully saturated rings. The number of amides is 1. The van der Waals surface area contributed by atoms with E-state index >= 15 is 0 Å². The Labute approximate surface area is 118 Å². The standard InChI is InChI=1S/C16H29NO2/c1-14(2)6-4-5-7-15(3)8-9-16(18)17-10-12-19-13-11-17/h8-9,14-15H,4-7,10-13H2,1-3H3/b9-8+/t15-/m0/s1. The molecule has 1 saturated heterocycles. The van der Waals surface area contributed by atoms with Crippen molar-refractivity contribution in [2.45, 2.75) is 46.5 Å². The molecule has 3 heteroatoms. The van der Waals surface area contributed by atoms with E-state index in [0.29, 0.717) is 19.1 Å². The summed E-state index contributed by atoms with van der Waals surface area (Å²) in [7, 11) is 0. The van der Waals surface area contributed by atoms with Crippen LogP contribution < -0.4 is 0 Å².